The number of ether oxygens (including phenoxy) is 6. The van der Waals surface area contributed by atoms with Crippen LogP contribution in [0.1, 0.15) is 106 Å². The summed E-state index contributed by atoms with van der Waals surface area (Å²) in [4.78, 5) is 11.8. The van der Waals surface area contributed by atoms with Gasteiger partial charge in [0.1, 0.15) is 18.3 Å². The Morgan fingerprint density at radius 2 is 1.70 bits per heavy atom. The summed E-state index contributed by atoms with van der Waals surface area (Å²) in [5, 5.41) is 32.7. The van der Waals surface area contributed by atoms with Crippen molar-refractivity contribution in [2.45, 2.75) is 173 Å². The predicted molar refractivity (Wildman–Crippen MR) is 168 cm³/mol. The number of aliphatic hydroxyl groups excluding tert-OH is 2. The zero-order valence-corrected chi connectivity index (χ0v) is 28.9. The van der Waals surface area contributed by atoms with Gasteiger partial charge in [0.25, 0.3) is 0 Å². The standard InChI is InChI=1S/C36H58O10/c1-19(42-22(4)37)25-12-15-36(40)27-9-8-23-16-24(10-13-34(23,5)26(27)11-14-35(25,36)6)45-31-18-29(41-7)33(21(3)44-31)46-30-17-28(38)32(39)20(2)43-30/h8,19-21,24-33,38-40H,9-18H2,1-7H3/t19-,20-,21-,24-,25+,26+,27-,28+,29+,30+,31+,32+,33+,34-,35-,36-/m0/s1. The van der Waals surface area contributed by atoms with Crippen LogP contribution in [0.15, 0.2) is 11.6 Å². The van der Waals surface area contributed by atoms with E-state index in [1.807, 2.05) is 13.8 Å². The van der Waals surface area contributed by atoms with Gasteiger partial charge in [0, 0.05) is 38.2 Å². The lowest BCUT2D eigenvalue weighted by Crippen LogP contribution is -2.61. The van der Waals surface area contributed by atoms with E-state index in [0.29, 0.717) is 12.3 Å². The molecule has 6 aliphatic rings. The monoisotopic (exact) mass is 650 g/mol. The first-order valence-corrected chi connectivity index (χ1v) is 17.8. The van der Waals surface area contributed by atoms with E-state index in [4.69, 9.17) is 28.4 Å². The van der Waals surface area contributed by atoms with Crippen molar-refractivity contribution in [2.24, 2.45) is 28.6 Å². The van der Waals surface area contributed by atoms with Crippen molar-refractivity contribution in [3.63, 3.8) is 0 Å². The molecule has 10 heteroatoms. The number of hydrogen-bond donors (Lipinski definition) is 3. The lowest BCUT2D eigenvalue weighted by molar-refractivity contribution is -0.318. The number of carbonyl (C=O) groups excluding carboxylic acids is 1. The number of methoxy groups -OCH3 is 1. The minimum absolute atomic E-state index is 0.0312. The van der Waals surface area contributed by atoms with Crippen molar-refractivity contribution >= 4 is 5.97 Å². The molecule has 0 unspecified atom stereocenters. The molecule has 0 aromatic carbocycles. The van der Waals surface area contributed by atoms with Crippen molar-refractivity contribution < 1.29 is 48.5 Å². The van der Waals surface area contributed by atoms with Gasteiger partial charge < -0.3 is 43.7 Å². The van der Waals surface area contributed by atoms with Crippen LogP contribution >= 0.6 is 0 Å². The highest BCUT2D eigenvalue weighted by Crippen LogP contribution is 2.68. The molecule has 5 fully saturated rings. The minimum Gasteiger partial charge on any atom is -0.463 e. The van der Waals surface area contributed by atoms with Crippen LogP contribution in [-0.4, -0.2) is 95.4 Å². The normalized spacial score (nSPS) is 51.3. The van der Waals surface area contributed by atoms with E-state index in [-0.39, 0.29) is 59.5 Å². The quantitative estimate of drug-likeness (QED) is 0.269. The number of esters is 1. The van der Waals surface area contributed by atoms with Crippen molar-refractivity contribution in [3.05, 3.63) is 11.6 Å². The third-order valence-electron chi connectivity index (χ3n) is 13.5. The molecule has 0 spiro atoms. The largest absolute Gasteiger partial charge is 0.463 e. The molecule has 0 amide bonds. The second-order valence-corrected chi connectivity index (χ2v) is 15.9. The molecule has 0 aromatic heterocycles. The van der Waals surface area contributed by atoms with E-state index < -0.39 is 42.6 Å². The highest BCUT2D eigenvalue weighted by atomic mass is 16.7. The molecule has 10 nitrogen and oxygen atoms in total. The number of aliphatic hydroxyl groups is 3. The van der Waals surface area contributed by atoms with Crippen LogP contribution in [0.25, 0.3) is 0 Å². The van der Waals surface area contributed by atoms with E-state index >= 15 is 0 Å². The van der Waals surface area contributed by atoms with Gasteiger partial charge in [0.05, 0.1) is 36.1 Å². The third kappa shape index (κ3) is 5.91. The lowest BCUT2D eigenvalue weighted by Gasteiger charge is -2.61. The fourth-order valence-electron chi connectivity index (χ4n) is 10.9. The average molecular weight is 651 g/mol. The van der Waals surface area contributed by atoms with Crippen LogP contribution in [-0.2, 0) is 33.2 Å². The topological polar surface area (TPSA) is 133 Å². The Morgan fingerprint density at radius 3 is 2.39 bits per heavy atom. The minimum atomic E-state index is -0.931. The fourth-order valence-corrected chi connectivity index (χ4v) is 10.9. The first-order valence-electron chi connectivity index (χ1n) is 17.8. The Morgan fingerprint density at radius 1 is 0.978 bits per heavy atom. The smallest absolute Gasteiger partial charge is 0.302 e. The molecule has 0 aromatic rings. The molecule has 2 heterocycles. The Hall–Kier alpha value is -1.11. The van der Waals surface area contributed by atoms with Crippen LogP contribution in [0.4, 0.5) is 0 Å². The van der Waals surface area contributed by atoms with Gasteiger partial charge in [-0.15, -0.1) is 0 Å². The van der Waals surface area contributed by atoms with Crippen LogP contribution < -0.4 is 0 Å². The maximum atomic E-state index is 12.5. The molecule has 0 bridgehead atoms. The van der Waals surface area contributed by atoms with Gasteiger partial charge in [0.2, 0.25) is 0 Å². The summed E-state index contributed by atoms with van der Waals surface area (Å²) in [6.07, 6.45) is 5.91. The molecule has 2 saturated heterocycles. The molecule has 3 saturated carbocycles. The highest BCUT2D eigenvalue weighted by Gasteiger charge is 2.67. The molecule has 4 aliphatic carbocycles. The van der Waals surface area contributed by atoms with Gasteiger partial charge in [-0.05, 0) is 89.4 Å². The second kappa shape index (κ2) is 13.0. The summed E-state index contributed by atoms with van der Waals surface area (Å²) in [5.74, 6) is 0.540. The average Bonchev–Trinajstić information content (AvgIpc) is 3.28. The predicted octanol–water partition coefficient (Wildman–Crippen LogP) is 4.41. The maximum Gasteiger partial charge on any atom is 0.302 e. The zero-order chi connectivity index (χ0) is 33.2. The summed E-state index contributed by atoms with van der Waals surface area (Å²) >= 11 is 0. The molecule has 16 atom stereocenters. The van der Waals surface area contributed by atoms with E-state index in [2.05, 4.69) is 19.9 Å². The van der Waals surface area contributed by atoms with Gasteiger partial charge in [0.15, 0.2) is 12.6 Å². The van der Waals surface area contributed by atoms with Gasteiger partial charge >= 0.3 is 5.97 Å². The Balaban J connectivity index is 1.09. The summed E-state index contributed by atoms with van der Waals surface area (Å²) in [5.41, 5.74) is 0.467. The summed E-state index contributed by atoms with van der Waals surface area (Å²) < 4.78 is 36.5. The third-order valence-corrected chi connectivity index (χ3v) is 13.5. The lowest BCUT2D eigenvalue weighted by atomic mass is 9.45. The van der Waals surface area contributed by atoms with Crippen molar-refractivity contribution in [2.75, 3.05) is 7.11 Å². The first-order chi connectivity index (χ1) is 21.7. The number of rotatable bonds is 7. The SMILES string of the molecule is CO[C@@H]1C[C@@H](O[C@H]2CC[C@@]3(C)C(=CC[C@H]4[C@H]3CC[C@@]3(C)[C@@H]([C@H](C)OC(C)=O)CC[C@]43O)C2)O[C@@H](C)[C@H]1O[C@@H]1C[C@@H](O)[C@H](O)[C@H](C)O1. The van der Waals surface area contributed by atoms with Crippen molar-refractivity contribution in [3.8, 4) is 0 Å². The van der Waals surface area contributed by atoms with E-state index in [1.54, 1.807) is 14.0 Å². The molecular formula is C36H58O10. The van der Waals surface area contributed by atoms with E-state index in [9.17, 15) is 20.1 Å². The van der Waals surface area contributed by atoms with Crippen LogP contribution in [0.2, 0.25) is 0 Å². The Bertz CT molecular complexity index is 1130. The van der Waals surface area contributed by atoms with Gasteiger partial charge in [-0.25, -0.2) is 0 Å². The molecule has 2 aliphatic heterocycles. The first kappa shape index (κ1) is 34.7. The number of hydrogen-bond acceptors (Lipinski definition) is 10. The molecule has 3 N–H and O–H groups in total. The molecular weight excluding hydrogens is 592 g/mol. The summed E-state index contributed by atoms with van der Waals surface area (Å²) in [7, 11) is 1.67. The van der Waals surface area contributed by atoms with Crippen LogP contribution in [0.5, 0.6) is 0 Å². The van der Waals surface area contributed by atoms with Crippen molar-refractivity contribution in [1.29, 1.82) is 0 Å². The number of allylic oxidation sites excluding steroid dienone is 1. The Labute approximate surface area is 274 Å². The molecule has 0 radical (unpaired) electrons. The summed E-state index contributed by atoms with van der Waals surface area (Å²) in [6.45, 7) is 11.8. The summed E-state index contributed by atoms with van der Waals surface area (Å²) in [6, 6.07) is 0. The van der Waals surface area contributed by atoms with Gasteiger partial charge in [-0.2, -0.15) is 0 Å². The maximum absolute atomic E-state index is 12.5. The van der Waals surface area contributed by atoms with Crippen LogP contribution in [0, 0.1) is 28.6 Å². The molecule has 6 rings (SSSR count). The van der Waals surface area contributed by atoms with Gasteiger partial charge in [-0.3, -0.25) is 4.79 Å². The Kier molecular flexibility index (Phi) is 9.80. The van der Waals surface area contributed by atoms with E-state index in [1.165, 1.54) is 12.5 Å². The number of fused-ring (bicyclic) bond motifs is 5. The van der Waals surface area contributed by atoms with Crippen molar-refractivity contribution in [1.82, 2.24) is 0 Å². The van der Waals surface area contributed by atoms with E-state index in [0.717, 1.165) is 51.4 Å². The van der Waals surface area contributed by atoms with Gasteiger partial charge in [-0.1, -0.05) is 25.5 Å². The van der Waals surface area contributed by atoms with Crippen LogP contribution in [0.3, 0.4) is 0 Å². The second-order valence-electron chi connectivity index (χ2n) is 15.9. The fraction of sp³-hybridized carbons (Fsp3) is 0.917. The highest BCUT2D eigenvalue weighted by molar-refractivity contribution is 5.66. The molecule has 46 heavy (non-hydrogen) atoms. The zero-order valence-electron chi connectivity index (χ0n) is 28.9. The number of carbonyl (C=O) groups is 1. The molecule has 262 valence electrons.